The second-order valence-corrected chi connectivity index (χ2v) is 5.71. The molecule has 0 saturated carbocycles. The first-order valence-corrected chi connectivity index (χ1v) is 7.37. The van der Waals surface area contributed by atoms with Gasteiger partial charge in [0.15, 0.2) is 0 Å². The standard InChI is InChI=1S/C18H21NO/c1-4-16(12(2)3)19-13-9-10-18-15(11-13)14-7-5-6-8-17(14)20-18/h5-12,16,19H,4H2,1-3H3. The van der Waals surface area contributed by atoms with E-state index in [0.29, 0.717) is 12.0 Å². The van der Waals surface area contributed by atoms with Gasteiger partial charge in [0, 0.05) is 22.5 Å². The Morgan fingerprint density at radius 2 is 1.75 bits per heavy atom. The molecule has 1 atom stereocenters. The molecule has 104 valence electrons. The van der Waals surface area contributed by atoms with E-state index in [4.69, 9.17) is 4.42 Å². The van der Waals surface area contributed by atoms with Crippen LogP contribution in [-0.2, 0) is 0 Å². The van der Waals surface area contributed by atoms with E-state index in [1.807, 2.05) is 12.1 Å². The van der Waals surface area contributed by atoms with Gasteiger partial charge in [-0.1, -0.05) is 39.0 Å². The number of para-hydroxylation sites is 1. The van der Waals surface area contributed by atoms with Gasteiger partial charge in [0.2, 0.25) is 0 Å². The third-order valence-corrected chi connectivity index (χ3v) is 3.97. The summed E-state index contributed by atoms with van der Waals surface area (Å²) in [6.07, 6.45) is 1.13. The quantitative estimate of drug-likeness (QED) is 0.681. The number of fused-ring (bicyclic) bond motifs is 3. The van der Waals surface area contributed by atoms with Gasteiger partial charge >= 0.3 is 0 Å². The molecule has 1 aromatic heterocycles. The monoisotopic (exact) mass is 267 g/mol. The minimum Gasteiger partial charge on any atom is -0.456 e. The van der Waals surface area contributed by atoms with Crippen molar-refractivity contribution < 1.29 is 4.42 Å². The van der Waals surface area contributed by atoms with Crippen molar-refractivity contribution in [2.75, 3.05) is 5.32 Å². The first-order chi connectivity index (χ1) is 9.69. The molecule has 0 aliphatic heterocycles. The summed E-state index contributed by atoms with van der Waals surface area (Å²) < 4.78 is 5.86. The summed E-state index contributed by atoms with van der Waals surface area (Å²) in [5, 5.41) is 6.00. The molecule has 3 rings (SSSR count). The van der Waals surface area contributed by atoms with E-state index in [1.54, 1.807) is 0 Å². The van der Waals surface area contributed by atoms with Crippen molar-refractivity contribution in [3.05, 3.63) is 42.5 Å². The summed E-state index contributed by atoms with van der Waals surface area (Å²) in [6.45, 7) is 6.74. The maximum Gasteiger partial charge on any atom is 0.135 e. The maximum atomic E-state index is 5.86. The molecule has 2 aromatic carbocycles. The minimum absolute atomic E-state index is 0.505. The molecule has 0 bridgehead atoms. The number of anilines is 1. The summed E-state index contributed by atoms with van der Waals surface area (Å²) >= 11 is 0. The Bertz CT molecular complexity index is 726. The van der Waals surface area contributed by atoms with Crippen LogP contribution in [0.5, 0.6) is 0 Å². The molecule has 0 amide bonds. The average Bonchev–Trinajstić information content (AvgIpc) is 2.82. The molecule has 1 heterocycles. The third-order valence-electron chi connectivity index (χ3n) is 3.97. The first kappa shape index (κ1) is 13.0. The number of nitrogens with one attached hydrogen (secondary N) is 1. The van der Waals surface area contributed by atoms with Crippen LogP contribution in [0.1, 0.15) is 27.2 Å². The molecule has 0 fully saturated rings. The van der Waals surface area contributed by atoms with E-state index in [9.17, 15) is 0 Å². The largest absolute Gasteiger partial charge is 0.456 e. The van der Waals surface area contributed by atoms with Crippen LogP contribution in [0.15, 0.2) is 46.9 Å². The van der Waals surface area contributed by atoms with Crippen LogP contribution in [0.3, 0.4) is 0 Å². The van der Waals surface area contributed by atoms with Crippen molar-refractivity contribution >= 4 is 27.6 Å². The number of hydrogen-bond acceptors (Lipinski definition) is 2. The first-order valence-electron chi connectivity index (χ1n) is 7.37. The molecule has 0 spiro atoms. The Morgan fingerprint density at radius 1 is 1.00 bits per heavy atom. The zero-order chi connectivity index (χ0) is 14.1. The number of furan rings is 1. The topological polar surface area (TPSA) is 25.2 Å². The SMILES string of the molecule is CCC(Nc1ccc2oc3ccccc3c2c1)C(C)C. The van der Waals surface area contributed by atoms with Crippen LogP contribution in [0, 0.1) is 5.92 Å². The van der Waals surface area contributed by atoms with E-state index >= 15 is 0 Å². The molecule has 1 N–H and O–H groups in total. The predicted octanol–water partition coefficient (Wildman–Crippen LogP) is 5.43. The molecule has 2 heteroatoms. The van der Waals surface area contributed by atoms with Gasteiger partial charge in [-0.05, 0) is 36.6 Å². The Hall–Kier alpha value is -1.96. The van der Waals surface area contributed by atoms with E-state index in [-0.39, 0.29) is 0 Å². The van der Waals surface area contributed by atoms with Crippen molar-refractivity contribution in [1.82, 2.24) is 0 Å². The fourth-order valence-corrected chi connectivity index (χ4v) is 2.77. The highest BCUT2D eigenvalue weighted by atomic mass is 16.3. The fraction of sp³-hybridized carbons (Fsp3) is 0.333. The summed E-state index contributed by atoms with van der Waals surface area (Å²) in [6, 6.07) is 15.1. The lowest BCUT2D eigenvalue weighted by Gasteiger charge is -2.22. The summed E-state index contributed by atoms with van der Waals surface area (Å²) in [4.78, 5) is 0. The lowest BCUT2D eigenvalue weighted by atomic mass is 10.0. The molecule has 0 saturated heterocycles. The Kier molecular flexibility index (Phi) is 3.39. The zero-order valence-electron chi connectivity index (χ0n) is 12.3. The summed E-state index contributed by atoms with van der Waals surface area (Å²) in [5.41, 5.74) is 3.08. The molecule has 20 heavy (non-hydrogen) atoms. The molecule has 2 nitrogen and oxygen atoms in total. The summed E-state index contributed by atoms with van der Waals surface area (Å²) in [5.74, 6) is 0.622. The van der Waals surface area contributed by atoms with Gasteiger partial charge in [-0.15, -0.1) is 0 Å². The van der Waals surface area contributed by atoms with Crippen LogP contribution in [-0.4, -0.2) is 6.04 Å². The van der Waals surface area contributed by atoms with Crippen molar-refractivity contribution in [3.63, 3.8) is 0 Å². The van der Waals surface area contributed by atoms with E-state index in [0.717, 1.165) is 17.6 Å². The second-order valence-electron chi connectivity index (χ2n) is 5.71. The van der Waals surface area contributed by atoms with Crippen LogP contribution >= 0.6 is 0 Å². The van der Waals surface area contributed by atoms with Gasteiger partial charge in [-0.2, -0.15) is 0 Å². The number of hydrogen-bond donors (Lipinski definition) is 1. The number of benzene rings is 2. The van der Waals surface area contributed by atoms with Gasteiger partial charge in [-0.25, -0.2) is 0 Å². The summed E-state index contributed by atoms with van der Waals surface area (Å²) in [7, 11) is 0. The highest BCUT2D eigenvalue weighted by Crippen LogP contribution is 2.31. The zero-order valence-corrected chi connectivity index (χ0v) is 12.3. The lowest BCUT2D eigenvalue weighted by Crippen LogP contribution is -2.24. The van der Waals surface area contributed by atoms with Crippen molar-refractivity contribution in [2.45, 2.75) is 33.2 Å². The normalized spacial score (nSPS) is 13.2. The lowest BCUT2D eigenvalue weighted by molar-refractivity contribution is 0.511. The highest BCUT2D eigenvalue weighted by Gasteiger charge is 2.12. The Labute approximate surface area is 119 Å². The van der Waals surface area contributed by atoms with Gasteiger partial charge in [0.25, 0.3) is 0 Å². The van der Waals surface area contributed by atoms with Gasteiger partial charge < -0.3 is 9.73 Å². The van der Waals surface area contributed by atoms with E-state index in [2.05, 4.69) is 56.4 Å². The molecule has 0 radical (unpaired) electrons. The molecule has 0 aliphatic rings. The van der Waals surface area contributed by atoms with Crippen LogP contribution in [0.4, 0.5) is 5.69 Å². The fourth-order valence-electron chi connectivity index (χ4n) is 2.77. The van der Waals surface area contributed by atoms with E-state index < -0.39 is 0 Å². The highest BCUT2D eigenvalue weighted by molar-refractivity contribution is 6.05. The Balaban J connectivity index is 2.03. The predicted molar refractivity (Wildman–Crippen MR) is 86.3 cm³/mol. The van der Waals surface area contributed by atoms with Crippen molar-refractivity contribution in [3.8, 4) is 0 Å². The molecular weight excluding hydrogens is 246 g/mol. The molecule has 3 aromatic rings. The average molecular weight is 267 g/mol. The molecule has 1 unspecified atom stereocenters. The van der Waals surface area contributed by atoms with Crippen molar-refractivity contribution in [2.24, 2.45) is 5.92 Å². The van der Waals surface area contributed by atoms with Gasteiger partial charge in [-0.3, -0.25) is 0 Å². The maximum absolute atomic E-state index is 5.86. The van der Waals surface area contributed by atoms with Gasteiger partial charge in [0.05, 0.1) is 0 Å². The van der Waals surface area contributed by atoms with Crippen LogP contribution in [0.25, 0.3) is 21.9 Å². The Morgan fingerprint density at radius 3 is 2.50 bits per heavy atom. The van der Waals surface area contributed by atoms with Crippen LogP contribution in [0.2, 0.25) is 0 Å². The third kappa shape index (κ3) is 2.26. The number of rotatable bonds is 4. The molecular formula is C18H21NO. The molecule has 0 aliphatic carbocycles. The van der Waals surface area contributed by atoms with Crippen molar-refractivity contribution in [1.29, 1.82) is 0 Å². The second kappa shape index (κ2) is 5.20. The van der Waals surface area contributed by atoms with Gasteiger partial charge in [0.1, 0.15) is 11.2 Å². The van der Waals surface area contributed by atoms with Crippen LogP contribution < -0.4 is 5.32 Å². The minimum atomic E-state index is 0.505. The smallest absolute Gasteiger partial charge is 0.135 e. The van der Waals surface area contributed by atoms with E-state index in [1.165, 1.54) is 16.5 Å².